The number of carbonyl (C=O) groups excluding carboxylic acids is 1. The Labute approximate surface area is 123 Å². The lowest BCUT2D eigenvalue weighted by molar-refractivity contribution is 0.136. The van der Waals surface area contributed by atoms with Gasteiger partial charge in [0.25, 0.3) is 0 Å². The summed E-state index contributed by atoms with van der Waals surface area (Å²) in [5.41, 5.74) is 0.797. The van der Waals surface area contributed by atoms with Crippen molar-refractivity contribution >= 4 is 22.5 Å². The number of amides is 2. The molecule has 0 spiro atoms. The van der Waals surface area contributed by atoms with Gasteiger partial charge in [-0.15, -0.1) is 0 Å². The van der Waals surface area contributed by atoms with Crippen molar-refractivity contribution in [3.63, 3.8) is 0 Å². The summed E-state index contributed by atoms with van der Waals surface area (Å²) in [6.07, 6.45) is 5.44. The molecule has 2 N–H and O–H groups in total. The molecule has 5 heteroatoms. The first-order chi connectivity index (χ1) is 10.3. The van der Waals surface area contributed by atoms with Crippen LogP contribution in [0.3, 0.4) is 0 Å². The Hall–Kier alpha value is -2.14. The molecular formula is C16H19N3O2. The van der Waals surface area contributed by atoms with Gasteiger partial charge in [0, 0.05) is 42.9 Å². The highest BCUT2D eigenvalue weighted by Gasteiger charge is 2.23. The fourth-order valence-corrected chi connectivity index (χ4v) is 2.82. The van der Waals surface area contributed by atoms with E-state index in [1.54, 1.807) is 17.3 Å². The molecule has 1 aromatic carbocycles. The first-order valence-electron chi connectivity index (χ1n) is 7.27. The molecule has 2 heterocycles. The lowest BCUT2D eigenvalue weighted by Crippen LogP contribution is -2.43. The number of benzene rings is 1. The fourth-order valence-electron chi connectivity index (χ4n) is 2.82. The number of urea groups is 1. The first kappa shape index (κ1) is 13.8. The van der Waals surface area contributed by atoms with Gasteiger partial charge in [-0.05, 0) is 30.9 Å². The quantitative estimate of drug-likeness (QED) is 0.891. The number of aliphatic hydroxyl groups excluding tert-OH is 1. The summed E-state index contributed by atoms with van der Waals surface area (Å²) in [7, 11) is 0. The summed E-state index contributed by atoms with van der Waals surface area (Å²) in [5.74, 6) is 0.196. The molecule has 21 heavy (non-hydrogen) atoms. The van der Waals surface area contributed by atoms with Gasteiger partial charge in [-0.25, -0.2) is 4.79 Å². The molecule has 1 aliphatic rings. The second-order valence-electron chi connectivity index (χ2n) is 5.47. The Morgan fingerprint density at radius 3 is 3.19 bits per heavy atom. The van der Waals surface area contributed by atoms with Crippen LogP contribution in [0.2, 0.25) is 0 Å². The predicted octanol–water partition coefficient (Wildman–Crippen LogP) is 2.47. The van der Waals surface area contributed by atoms with E-state index in [1.165, 1.54) is 0 Å². The highest BCUT2D eigenvalue weighted by Crippen LogP contribution is 2.23. The van der Waals surface area contributed by atoms with Crippen LogP contribution in [0.15, 0.2) is 36.7 Å². The van der Waals surface area contributed by atoms with Crippen LogP contribution in [-0.2, 0) is 0 Å². The van der Waals surface area contributed by atoms with Gasteiger partial charge in [0.2, 0.25) is 0 Å². The second-order valence-corrected chi connectivity index (χ2v) is 5.47. The number of rotatable bonds is 2. The molecule has 1 aromatic heterocycles. The molecule has 0 saturated carbocycles. The van der Waals surface area contributed by atoms with E-state index in [0.717, 1.165) is 35.8 Å². The summed E-state index contributed by atoms with van der Waals surface area (Å²) in [6, 6.07) is 7.58. The molecule has 0 radical (unpaired) electrons. The second kappa shape index (κ2) is 6.10. The average Bonchev–Trinajstić information content (AvgIpc) is 2.55. The molecule has 1 saturated heterocycles. The number of aliphatic hydroxyl groups is 1. The first-order valence-corrected chi connectivity index (χ1v) is 7.27. The van der Waals surface area contributed by atoms with Crippen molar-refractivity contribution in [2.75, 3.05) is 25.0 Å². The molecular weight excluding hydrogens is 266 g/mol. The summed E-state index contributed by atoms with van der Waals surface area (Å²) in [4.78, 5) is 18.3. The average molecular weight is 285 g/mol. The van der Waals surface area contributed by atoms with Crippen molar-refractivity contribution in [1.29, 1.82) is 0 Å². The molecule has 5 nitrogen and oxygen atoms in total. The maximum absolute atomic E-state index is 12.4. The predicted molar refractivity (Wildman–Crippen MR) is 82.1 cm³/mol. The Morgan fingerprint density at radius 1 is 1.43 bits per heavy atom. The number of aromatic nitrogens is 1. The zero-order valence-electron chi connectivity index (χ0n) is 11.8. The van der Waals surface area contributed by atoms with E-state index in [2.05, 4.69) is 10.3 Å². The summed E-state index contributed by atoms with van der Waals surface area (Å²) >= 11 is 0. The lowest BCUT2D eigenvalue weighted by atomic mass is 9.99. The monoisotopic (exact) mass is 285 g/mol. The number of nitrogens with one attached hydrogen (secondary N) is 1. The minimum absolute atomic E-state index is 0.0996. The zero-order valence-corrected chi connectivity index (χ0v) is 11.8. The van der Waals surface area contributed by atoms with E-state index in [0.29, 0.717) is 6.54 Å². The van der Waals surface area contributed by atoms with Crippen molar-refractivity contribution in [3.8, 4) is 0 Å². The van der Waals surface area contributed by atoms with Crippen molar-refractivity contribution in [2.24, 2.45) is 5.92 Å². The van der Waals surface area contributed by atoms with Crippen LogP contribution in [-0.4, -0.2) is 40.7 Å². The number of likely N-dealkylation sites (tertiary alicyclic amines) is 1. The highest BCUT2D eigenvalue weighted by atomic mass is 16.3. The number of hydrogen-bond acceptors (Lipinski definition) is 3. The minimum atomic E-state index is -0.0996. The van der Waals surface area contributed by atoms with Gasteiger partial charge in [0.15, 0.2) is 0 Å². The molecule has 2 amide bonds. The van der Waals surface area contributed by atoms with E-state index >= 15 is 0 Å². The summed E-state index contributed by atoms with van der Waals surface area (Å²) in [5, 5.41) is 14.2. The molecule has 2 aromatic rings. The minimum Gasteiger partial charge on any atom is -0.396 e. The largest absolute Gasteiger partial charge is 0.396 e. The van der Waals surface area contributed by atoms with Crippen molar-refractivity contribution in [1.82, 2.24) is 9.88 Å². The molecule has 3 rings (SSSR count). The van der Waals surface area contributed by atoms with Crippen LogP contribution < -0.4 is 5.32 Å². The molecule has 1 atom stereocenters. The van der Waals surface area contributed by atoms with Crippen LogP contribution in [0.25, 0.3) is 10.8 Å². The fraction of sp³-hybridized carbons (Fsp3) is 0.375. The van der Waals surface area contributed by atoms with Gasteiger partial charge in [-0.1, -0.05) is 12.1 Å². The molecule has 110 valence electrons. The van der Waals surface area contributed by atoms with Gasteiger partial charge in [0.1, 0.15) is 0 Å². The smallest absolute Gasteiger partial charge is 0.321 e. The Bertz CT molecular complexity index is 639. The van der Waals surface area contributed by atoms with Crippen LogP contribution in [0.5, 0.6) is 0 Å². The number of hydrogen-bond donors (Lipinski definition) is 2. The normalized spacial score (nSPS) is 18.7. The van der Waals surface area contributed by atoms with E-state index in [-0.39, 0.29) is 18.6 Å². The topological polar surface area (TPSA) is 65.5 Å². The van der Waals surface area contributed by atoms with Crippen LogP contribution >= 0.6 is 0 Å². The van der Waals surface area contributed by atoms with E-state index in [4.69, 9.17) is 0 Å². The van der Waals surface area contributed by atoms with Gasteiger partial charge in [0.05, 0.1) is 5.69 Å². The Balaban J connectivity index is 1.77. The van der Waals surface area contributed by atoms with Gasteiger partial charge in [-0.2, -0.15) is 0 Å². The number of nitrogens with zero attached hydrogens (tertiary/aromatic N) is 2. The number of piperidine rings is 1. The van der Waals surface area contributed by atoms with Gasteiger partial charge < -0.3 is 15.3 Å². The van der Waals surface area contributed by atoms with Gasteiger partial charge in [-0.3, -0.25) is 4.98 Å². The third kappa shape index (κ3) is 2.97. The zero-order chi connectivity index (χ0) is 14.7. The standard InChI is InChI=1S/C16H19N3O2/c20-11-12-3-2-8-19(10-12)16(21)18-15-5-1-4-13-9-17-7-6-14(13)15/h1,4-7,9,12,20H,2-3,8,10-11H2,(H,18,21)/t12-/m1/s1. The number of pyridine rings is 1. The van der Waals surface area contributed by atoms with Crippen molar-refractivity contribution in [2.45, 2.75) is 12.8 Å². The molecule has 0 aliphatic carbocycles. The number of anilines is 1. The maximum atomic E-state index is 12.4. The Kier molecular flexibility index (Phi) is 4.01. The summed E-state index contributed by atoms with van der Waals surface area (Å²) < 4.78 is 0. The SMILES string of the molecule is O=C(Nc1cccc2cnccc12)N1CCC[C@@H](CO)C1. The maximum Gasteiger partial charge on any atom is 0.321 e. The van der Waals surface area contributed by atoms with Crippen molar-refractivity contribution < 1.29 is 9.90 Å². The number of fused-ring (bicyclic) bond motifs is 1. The lowest BCUT2D eigenvalue weighted by Gasteiger charge is -2.31. The highest BCUT2D eigenvalue weighted by molar-refractivity contribution is 6.01. The third-order valence-corrected chi connectivity index (χ3v) is 3.99. The van der Waals surface area contributed by atoms with Gasteiger partial charge >= 0.3 is 6.03 Å². The third-order valence-electron chi connectivity index (χ3n) is 3.99. The number of carbonyl (C=O) groups is 1. The van der Waals surface area contributed by atoms with Crippen LogP contribution in [0.1, 0.15) is 12.8 Å². The van der Waals surface area contributed by atoms with Crippen LogP contribution in [0.4, 0.5) is 10.5 Å². The Morgan fingerprint density at radius 2 is 2.33 bits per heavy atom. The van der Waals surface area contributed by atoms with E-state index < -0.39 is 0 Å². The molecule has 0 unspecified atom stereocenters. The van der Waals surface area contributed by atoms with E-state index in [9.17, 15) is 9.90 Å². The molecule has 1 aliphatic heterocycles. The van der Waals surface area contributed by atoms with Crippen molar-refractivity contribution in [3.05, 3.63) is 36.7 Å². The van der Waals surface area contributed by atoms with E-state index in [1.807, 2.05) is 24.3 Å². The molecule has 1 fully saturated rings. The molecule has 0 bridgehead atoms. The summed E-state index contributed by atoms with van der Waals surface area (Å²) in [6.45, 7) is 1.51. The van der Waals surface area contributed by atoms with Crippen LogP contribution in [0, 0.1) is 5.92 Å².